The molecule has 3 heterocycles. The van der Waals surface area contributed by atoms with Crippen molar-refractivity contribution in [3.8, 4) is 0 Å². The molecule has 9 heteroatoms. The molecule has 1 aromatic rings. The van der Waals surface area contributed by atoms with Crippen LogP contribution in [0.25, 0.3) is 0 Å². The third-order valence-electron chi connectivity index (χ3n) is 4.13. The minimum Gasteiger partial charge on any atom is -0.375 e. The van der Waals surface area contributed by atoms with Crippen LogP contribution in [0.4, 0.5) is 0 Å². The van der Waals surface area contributed by atoms with E-state index < -0.39 is 10.0 Å². The predicted molar refractivity (Wildman–Crippen MR) is 77.8 cm³/mol. The summed E-state index contributed by atoms with van der Waals surface area (Å²) in [7, 11) is -0.0990. The highest BCUT2D eigenvalue weighted by Crippen LogP contribution is 2.30. The van der Waals surface area contributed by atoms with Crippen LogP contribution in [0.2, 0.25) is 5.02 Å². The Labute approximate surface area is 129 Å². The van der Waals surface area contributed by atoms with Gasteiger partial charge in [-0.25, -0.2) is 8.42 Å². The number of halogens is 1. The Hall–Kier alpha value is -0.670. The highest BCUT2D eigenvalue weighted by Gasteiger charge is 2.43. The second-order valence-electron chi connectivity index (χ2n) is 5.56. The van der Waals surface area contributed by atoms with Crippen molar-refractivity contribution in [2.45, 2.75) is 23.6 Å². The van der Waals surface area contributed by atoms with E-state index >= 15 is 0 Å². The smallest absolute Gasteiger partial charge is 0.262 e. The van der Waals surface area contributed by atoms with Gasteiger partial charge in [-0.15, -0.1) is 0 Å². The lowest BCUT2D eigenvalue weighted by Crippen LogP contribution is -2.60. The predicted octanol–water partition coefficient (Wildman–Crippen LogP) is 0.167. The third kappa shape index (κ3) is 2.59. The number of hydrogen-bond donors (Lipinski definition) is 0. The number of rotatable bonds is 2. The Morgan fingerprint density at radius 1 is 1.38 bits per heavy atom. The number of ether oxygens (including phenoxy) is 1. The molecule has 0 saturated carbocycles. The lowest BCUT2D eigenvalue weighted by Gasteiger charge is -2.45. The summed E-state index contributed by atoms with van der Waals surface area (Å²) in [6.45, 7) is 2.35. The number of fused-ring (bicyclic) bond motifs is 1. The van der Waals surface area contributed by atoms with Crippen LogP contribution in [0.1, 0.15) is 6.42 Å². The van der Waals surface area contributed by atoms with Gasteiger partial charge in [-0.2, -0.15) is 9.40 Å². The molecule has 7 nitrogen and oxygen atoms in total. The topological polar surface area (TPSA) is 67.7 Å². The summed E-state index contributed by atoms with van der Waals surface area (Å²) in [5.41, 5.74) is 0. The van der Waals surface area contributed by atoms with E-state index in [9.17, 15) is 8.42 Å². The van der Waals surface area contributed by atoms with Crippen LogP contribution in [0.15, 0.2) is 11.2 Å². The Balaban J connectivity index is 1.97. The van der Waals surface area contributed by atoms with Gasteiger partial charge in [0.1, 0.15) is 0 Å². The molecule has 3 rings (SSSR count). The van der Waals surface area contributed by atoms with Gasteiger partial charge >= 0.3 is 0 Å². The van der Waals surface area contributed by atoms with Crippen LogP contribution in [-0.2, 0) is 21.8 Å². The van der Waals surface area contributed by atoms with Gasteiger partial charge in [0.05, 0.1) is 30.0 Å². The average Bonchev–Trinajstić information content (AvgIpc) is 2.77. The summed E-state index contributed by atoms with van der Waals surface area (Å²) >= 11 is 6.02. The fraction of sp³-hybridized carbons (Fsp3) is 0.750. The molecule has 0 amide bonds. The van der Waals surface area contributed by atoms with E-state index in [0.29, 0.717) is 19.7 Å². The van der Waals surface area contributed by atoms with Gasteiger partial charge in [0, 0.05) is 26.7 Å². The molecule has 2 fully saturated rings. The molecule has 0 radical (unpaired) electrons. The number of piperidine rings is 1. The van der Waals surface area contributed by atoms with Gasteiger partial charge in [0.25, 0.3) is 10.0 Å². The second-order valence-corrected chi connectivity index (χ2v) is 7.78. The maximum atomic E-state index is 13.0. The van der Waals surface area contributed by atoms with Crippen molar-refractivity contribution in [3.63, 3.8) is 0 Å². The van der Waals surface area contributed by atoms with E-state index in [1.165, 1.54) is 15.2 Å². The molecule has 0 spiro atoms. The zero-order valence-corrected chi connectivity index (χ0v) is 13.6. The summed E-state index contributed by atoms with van der Waals surface area (Å²) in [4.78, 5) is 2.13. The number of likely N-dealkylation sites (N-methyl/N-ethyl adjacent to an activating group) is 1. The molecule has 2 atom stereocenters. The standard InChI is InChI=1S/C12H19ClN4O3S/c1-15-4-3-11-10(8-15)17(5-6-20-11)21(18,19)12-9(13)7-14-16(12)2/h7,10-11H,3-6,8H2,1-2H3/t10-,11-/m1/s1. The van der Waals surface area contributed by atoms with Crippen molar-refractivity contribution in [2.75, 3.05) is 33.3 Å². The number of aryl methyl sites for hydroxylation is 1. The van der Waals surface area contributed by atoms with Crippen LogP contribution in [0, 0.1) is 0 Å². The molecule has 0 bridgehead atoms. The summed E-state index contributed by atoms with van der Waals surface area (Å²) < 4.78 is 34.5. The number of aromatic nitrogens is 2. The second kappa shape index (κ2) is 5.51. The average molecular weight is 335 g/mol. The van der Waals surface area contributed by atoms with Crippen molar-refractivity contribution in [1.29, 1.82) is 0 Å². The molecule has 21 heavy (non-hydrogen) atoms. The van der Waals surface area contributed by atoms with E-state index in [1.807, 2.05) is 7.05 Å². The van der Waals surface area contributed by atoms with Gasteiger partial charge in [-0.1, -0.05) is 11.6 Å². The van der Waals surface area contributed by atoms with Crippen LogP contribution < -0.4 is 0 Å². The van der Waals surface area contributed by atoms with E-state index in [1.54, 1.807) is 7.05 Å². The molecule has 0 aromatic carbocycles. The monoisotopic (exact) mass is 334 g/mol. The molecular weight excluding hydrogens is 316 g/mol. The van der Waals surface area contributed by atoms with Gasteiger partial charge in [0.15, 0.2) is 5.03 Å². The molecule has 2 aliphatic heterocycles. The lowest BCUT2D eigenvalue weighted by atomic mass is 10.0. The molecular formula is C12H19ClN4O3S. The van der Waals surface area contributed by atoms with Crippen LogP contribution >= 0.6 is 11.6 Å². The number of morpholine rings is 1. The number of likely N-dealkylation sites (tertiary alicyclic amines) is 1. The molecule has 2 aliphatic rings. The molecule has 2 saturated heterocycles. The number of hydrogen-bond acceptors (Lipinski definition) is 5. The van der Waals surface area contributed by atoms with Crippen molar-refractivity contribution in [2.24, 2.45) is 7.05 Å². The third-order valence-corrected chi connectivity index (χ3v) is 6.56. The Morgan fingerprint density at radius 3 is 2.81 bits per heavy atom. The van der Waals surface area contributed by atoms with E-state index in [2.05, 4.69) is 10.00 Å². The van der Waals surface area contributed by atoms with Crippen LogP contribution in [0.5, 0.6) is 0 Å². The maximum Gasteiger partial charge on any atom is 0.262 e. The van der Waals surface area contributed by atoms with Crippen molar-refractivity contribution >= 4 is 21.6 Å². The lowest BCUT2D eigenvalue weighted by molar-refractivity contribution is -0.0720. The fourth-order valence-corrected chi connectivity index (χ4v) is 5.33. The maximum absolute atomic E-state index is 13.0. The van der Waals surface area contributed by atoms with Gasteiger partial charge in [0.2, 0.25) is 0 Å². The summed E-state index contributed by atoms with van der Waals surface area (Å²) in [6.07, 6.45) is 2.16. The molecule has 1 aromatic heterocycles. The Bertz CT molecular complexity index is 613. The van der Waals surface area contributed by atoms with E-state index in [4.69, 9.17) is 16.3 Å². The first kappa shape index (κ1) is 15.2. The summed E-state index contributed by atoms with van der Waals surface area (Å²) in [6, 6.07) is -0.173. The minimum atomic E-state index is -3.68. The number of nitrogens with zero attached hydrogens (tertiary/aromatic N) is 4. The van der Waals surface area contributed by atoms with Crippen LogP contribution in [-0.4, -0.2) is 72.8 Å². The zero-order valence-electron chi connectivity index (χ0n) is 12.1. The van der Waals surface area contributed by atoms with E-state index in [0.717, 1.165) is 13.0 Å². The number of sulfonamides is 1. The van der Waals surface area contributed by atoms with Crippen molar-refractivity contribution < 1.29 is 13.2 Å². The summed E-state index contributed by atoms with van der Waals surface area (Å²) in [5.74, 6) is 0. The highest BCUT2D eigenvalue weighted by molar-refractivity contribution is 7.89. The Kier molecular flexibility index (Phi) is 4.00. The van der Waals surface area contributed by atoms with Gasteiger partial charge in [-0.3, -0.25) is 4.68 Å². The first-order chi connectivity index (χ1) is 9.91. The zero-order chi connectivity index (χ0) is 15.2. The SMILES string of the molecule is CN1CC[C@H]2OCCN(S(=O)(=O)c3c(Cl)cnn3C)[C@@H]2C1. The molecule has 0 unspecified atom stereocenters. The normalized spacial score (nSPS) is 28.5. The first-order valence-corrected chi connectivity index (χ1v) is 8.72. The van der Waals surface area contributed by atoms with Crippen molar-refractivity contribution in [3.05, 3.63) is 11.2 Å². The van der Waals surface area contributed by atoms with E-state index in [-0.39, 0.29) is 22.2 Å². The highest BCUT2D eigenvalue weighted by atomic mass is 35.5. The summed E-state index contributed by atoms with van der Waals surface area (Å²) in [5, 5.41) is 4.14. The van der Waals surface area contributed by atoms with Crippen LogP contribution in [0.3, 0.4) is 0 Å². The molecule has 0 N–H and O–H groups in total. The minimum absolute atomic E-state index is 0.0447. The first-order valence-electron chi connectivity index (χ1n) is 6.91. The quantitative estimate of drug-likeness (QED) is 0.771. The van der Waals surface area contributed by atoms with Gasteiger partial charge in [-0.05, 0) is 13.5 Å². The largest absolute Gasteiger partial charge is 0.375 e. The van der Waals surface area contributed by atoms with Crippen molar-refractivity contribution in [1.82, 2.24) is 19.0 Å². The fourth-order valence-electron chi connectivity index (χ4n) is 3.10. The Morgan fingerprint density at radius 2 is 2.14 bits per heavy atom. The van der Waals surface area contributed by atoms with Gasteiger partial charge < -0.3 is 9.64 Å². The molecule has 0 aliphatic carbocycles. The molecule has 118 valence electrons.